The number of fused-ring (bicyclic) bond motifs is 1. The van der Waals surface area contributed by atoms with Crippen molar-refractivity contribution in [3.05, 3.63) is 65.7 Å². The number of methoxy groups -OCH3 is 1. The van der Waals surface area contributed by atoms with Crippen molar-refractivity contribution in [1.82, 2.24) is 4.98 Å². The smallest absolute Gasteiger partial charge is 0.337 e. The van der Waals surface area contributed by atoms with Gasteiger partial charge in [0.2, 0.25) is 5.91 Å². The van der Waals surface area contributed by atoms with E-state index in [1.54, 1.807) is 24.3 Å². The third-order valence-corrected chi connectivity index (χ3v) is 4.89. The first-order valence-electron chi connectivity index (χ1n) is 8.04. The average Bonchev–Trinajstić information content (AvgIpc) is 2.66. The van der Waals surface area contributed by atoms with Gasteiger partial charge in [0.1, 0.15) is 5.03 Å². The van der Waals surface area contributed by atoms with Crippen molar-refractivity contribution in [3.63, 3.8) is 0 Å². The summed E-state index contributed by atoms with van der Waals surface area (Å²) in [5, 5.41) is 4.75. The zero-order chi connectivity index (χ0) is 18.5. The fourth-order valence-corrected chi connectivity index (χ4v) is 3.28. The van der Waals surface area contributed by atoms with Gasteiger partial charge in [0.15, 0.2) is 0 Å². The summed E-state index contributed by atoms with van der Waals surface area (Å²) >= 11 is 1.40. The third-order valence-electron chi connectivity index (χ3n) is 3.80. The van der Waals surface area contributed by atoms with E-state index >= 15 is 0 Å². The van der Waals surface area contributed by atoms with E-state index in [1.165, 1.54) is 18.9 Å². The van der Waals surface area contributed by atoms with Crippen LogP contribution in [0.4, 0.5) is 5.69 Å². The molecule has 0 bridgehead atoms. The number of pyridine rings is 1. The number of thioether (sulfide) groups is 1. The van der Waals surface area contributed by atoms with E-state index in [2.05, 4.69) is 21.1 Å². The number of benzene rings is 2. The minimum atomic E-state index is -0.406. The van der Waals surface area contributed by atoms with Crippen molar-refractivity contribution in [2.24, 2.45) is 0 Å². The summed E-state index contributed by atoms with van der Waals surface area (Å²) in [6, 6.07) is 16.6. The second kappa shape index (κ2) is 8.01. The van der Waals surface area contributed by atoms with E-state index in [0.717, 1.165) is 21.5 Å². The fraction of sp³-hybridized carbons (Fsp3) is 0.150. The van der Waals surface area contributed by atoms with Gasteiger partial charge in [0.05, 0.1) is 23.9 Å². The Balaban J connectivity index is 1.62. The van der Waals surface area contributed by atoms with Crippen LogP contribution in [-0.4, -0.2) is 29.7 Å². The molecule has 0 aliphatic rings. The molecule has 26 heavy (non-hydrogen) atoms. The SMILES string of the molecule is COC(=O)c1ccc(NC(=O)CSc2nc3ccccc3cc2C)cc1. The molecule has 0 saturated heterocycles. The van der Waals surface area contributed by atoms with Gasteiger partial charge in [-0.2, -0.15) is 0 Å². The highest BCUT2D eigenvalue weighted by Crippen LogP contribution is 2.24. The molecule has 132 valence electrons. The number of aromatic nitrogens is 1. The molecule has 6 heteroatoms. The van der Waals surface area contributed by atoms with Crippen molar-refractivity contribution >= 4 is 40.2 Å². The van der Waals surface area contributed by atoms with Gasteiger partial charge in [0, 0.05) is 11.1 Å². The first-order chi connectivity index (χ1) is 12.6. The number of hydrogen-bond donors (Lipinski definition) is 1. The molecule has 0 atom stereocenters. The third kappa shape index (κ3) is 4.21. The van der Waals surface area contributed by atoms with Gasteiger partial charge < -0.3 is 10.1 Å². The van der Waals surface area contributed by atoms with Crippen LogP contribution in [0, 0.1) is 6.92 Å². The highest BCUT2D eigenvalue weighted by Gasteiger charge is 2.09. The number of amides is 1. The second-order valence-corrected chi connectivity index (χ2v) is 6.67. The molecule has 0 spiro atoms. The molecular weight excluding hydrogens is 348 g/mol. The Morgan fingerprint density at radius 1 is 1.12 bits per heavy atom. The molecule has 0 radical (unpaired) electrons. The number of carbonyl (C=O) groups is 2. The van der Waals surface area contributed by atoms with Crippen LogP contribution in [0.2, 0.25) is 0 Å². The van der Waals surface area contributed by atoms with Gasteiger partial charge in [-0.25, -0.2) is 9.78 Å². The van der Waals surface area contributed by atoms with Crippen molar-refractivity contribution in [3.8, 4) is 0 Å². The molecule has 1 aromatic heterocycles. The summed E-state index contributed by atoms with van der Waals surface area (Å²) < 4.78 is 4.65. The largest absolute Gasteiger partial charge is 0.465 e. The Morgan fingerprint density at radius 3 is 2.58 bits per heavy atom. The number of rotatable bonds is 5. The quantitative estimate of drug-likeness (QED) is 0.545. The van der Waals surface area contributed by atoms with Gasteiger partial charge in [-0.3, -0.25) is 4.79 Å². The number of esters is 1. The van der Waals surface area contributed by atoms with E-state index < -0.39 is 5.97 Å². The predicted octanol–water partition coefficient (Wildman–Crippen LogP) is 4.06. The lowest BCUT2D eigenvalue weighted by Crippen LogP contribution is -2.14. The summed E-state index contributed by atoms with van der Waals surface area (Å²) in [5.41, 5.74) is 3.03. The zero-order valence-electron chi connectivity index (χ0n) is 14.5. The monoisotopic (exact) mass is 366 g/mol. The Bertz CT molecular complexity index is 955. The van der Waals surface area contributed by atoms with Crippen LogP contribution in [0.3, 0.4) is 0 Å². The first kappa shape index (κ1) is 17.9. The molecule has 3 aromatic rings. The lowest BCUT2D eigenvalue weighted by molar-refractivity contribution is -0.113. The van der Waals surface area contributed by atoms with Crippen LogP contribution in [0.1, 0.15) is 15.9 Å². The lowest BCUT2D eigenvalue weighted by atomic mass is 10.2. The topological polar surface area (TPSA) is 68.3 Å². The van der Waals surface area contributed by atoms with Crippen LogP contribution in [0.15, 0.2) is 59.6 Å². The van der Waals surface area contributed by atoms with Gasteiger partial charge in [-0.05, 0) is 48.9 Å². The molecule has 0 aliphatic carbocycles. The Labute approximate surface area is 155 Å². The van der Waals surface area contributed by atoms with Crippen molar-refractivity contribution in [2.75, 3.05) is 18.2 Å². The summed E-state index contributed by atoms with van der Waals surface area (Å²) in [6.45, 7) is 1.99. The lowest BCUT2D eigenvalue weighted by Gasteiger charge is -2.08. The summed E-state index contributed by atoms with van der Waals surface area (Å²) in [5.74, 6) is -0.281. The van der Waals surface area contributed by atoms with Crippen molar-refractivity contribution < 1.29 is 14.3 Å². The van der Waals surface area contributed by atoms with Crippen molar-refractivity contribution in [2.45, 2.75) is 11.9 Å². The van der Waals surface area contributed by atoms with E-state index in [4.69, 9.17) is 0 Å². The first-order valence-corrected chi connectivity index (χ1v) is 9.03. The van der Waals surface area contributed by atoms with E-state index in [-0.39, 0.29) is 11.7 Å². The van der Waals surface area contributed by atoms with Crippen LogP contribution in [0.25, 0.3) is 10.9 Å². The minimum absolute atomic E-state index is 0.129. The molecule has 1 amide bonds. The van der Waals surface area contributed by atoms with Gasteiger partial charge >= 0.3 is 5.97 Å². The van der Waals surface area contributed by atoms with Gasteiger partial charge in [-0.15, -0.1) is 0 Å². The Hall–Kier alpha value is -2.86. The zero-order valence-corrected chi connectivity index (χ0v) is 15.3. The molecule has 0 unspecified atom stereocenters. The number of aryl methyl sites for hydroxylation is 1. The summed E-state index contributed by atoms with van der Waals surface area (Å²) in [6.07, 6.45) is 0. The van der Waals surface area contributed by atoms with Crippen LogP contribution < -0.4 is 5.32 Å². The molecule has 3 rings (SSSR count). The van der Waals surface area contributed by atoms with E-state index in [0.29, 0.717) is 11.3 Å². The molecular formula is C20H18N2O3S. The molecule has 5 nitrogen and oxygen atoms in total. The number of nitrogens with one attached hydrogen (secondary N) is 1. The second-order valence-electron chi connectivity index (χ2n) is 5.71. The van der Waals surface area contributed by atoms with Crippen molar-refractivity contribution in [1.29, 1.82) is 0 Å². The number of nitrogens with zero attached hydrogens (tertiary/aromatic N) is 1. The average molecular weight is 366 g/mol. The van der Waals surface area contributed by atoms with Crippen LogP contribution in [-0.2, 0) is 9.53 Å². The van der Waals surface area contributed by atoms with Gasteiger partial charge in [0.25, 0.3) is 0 Å². The molecule has 0 aliphatic heterocycles. The maximum absolute atomic E-state index is 12.2. The standard InChI is InChI=1S/C20H18N2O3S/c1-13-11-15-5-3-4-6-17(15)22-19(13)26-12-18(23)21-16-9-7-14(8-10-16)20(24)25-2/h3-11H,12H2,1-2H3,(H,21,23). The number of ether oxygens (including phenoxy) is 1. The number of hydrogen-bond acceptors (Lipinski definition) is 5. The molecule has 0 saturated carbocycles. The molecule has 1 heterocycles. The van der Waals surface area contributed by atoms with Crippen LogP contribution >= 0.6 is 11.8 Å². The molecule has 2 aromatic carbocycles. The summed E-state index contributed by atoms with van der Waals surface area (Å²) in [4.78, 5) is 28.2. The maximum atomic E-state index is 12.2. The molecule has 0 fully saturated rings. The highest BCUT2D eigenvalue weighted by atomic mass is 32.2. The fourth-order valence-electron chi connectivity index (χ4n) is 2.49. The number of para-hydroxylation sites is 1. The van der Waals surface area contributed by atoms with Gasteiger partial charge in [-0.1, -0.05) is 30.0 Å². The minimum Gasteiger partial charge on any atom is -0.465 e. The predicted molar refractivity (Wildman–Crippen MR) is 104 cm³/mol. The maximum Gasteiger partial charge on any atom is 0.337 e. The molecule has 1 N–H and O–H groups in total. The van der Waals surface area contributed by atoms with Crippen LogP contribution in [0.5, 0.6) is 0 Å². The number of anilines is 1. The normalized spacial score (nSPS) is 10.5. The van der Waals surface area contributed by atoms with E-state index in [1.807, 2.05) is 31.2 Å². The Morgan fingerprint density at radius 2 is 1.85 bits per heavy atom. The van der Waals surface area contributed by atoms with E-state index in [9.17, 15) is 9.59 Å². The highest BCUT2D eigenvalue weighted by molar-refractivity contribution is 8.00. The number of carbonyl (C=O) groups excluding carboxylic acids is 2. The Kier molecular flexibility index (Phi) is 5.53. The summed E-state index contributed by atoms with van der Waals surface area (Å²) in [7, 11) is 1.33.